The number of tetrazole rings is 1. The SMILES string of the molecule is CCCn1nnnc1CN(C)C[C@@H]1C[C@H](F)CN1c1ccnc(N(C)C)n1. The smallest absolute Gasteiger partial charge is 0.226 e. The maximum atomic E-state index is 14.2. The lowest BCUT2D eigenvalue weighted by atomic mass is 10.2. The third-order valence-corrected chi connectivity index (χ3v) is 4.66. The highest BCUT2D eigenvalue weighted by atomic mass is 19.1. The second-order valence-electron chi connectivity index (χ2n) is 7.26. The van der Waals surface area contributed by atoms with Gasteiger partial charge in [0.1, 0.15) is 12.0 Å². The fourth-order valence-electron chi connectivity index (χ4n) is 3.42. The van der Waals surface area contributed by atoms with Crippen LogP contribution in [0, 0.1) is 0 Å². The summed E-state index contributed by atoms with van der Waals surface area (Å²) >= 11 is 0. The molecular formula is C17H28FN9. The molecule has 1 aliphatic heterocycles. The molecule has 0 unspecified atom stereocenters. The Kier molecular flexibility index (Phi) is 6.15. The predicted molar refractivity (Wildman–Crippen MR) is 101 cm³/mol. The van der Waals surface area contributed by atoms with Crippen LogP contribution in [0.5, 0.6) is 0 Å². The fraction of sp³-hybridized carbons (Fsp3) is 0.706. The fourth-order valence-corrected chi connectivity index (χ4v) is 3.42. The Morgan fingerprint density at radius 2 is 2.11 bits per heavy atom. The largest absolute Gasteiger partial charge is 0.349 e. The van der Waals surface area contributed by atoms with E-state index in [0.29, 0.717) is 32.0 Å². The predicted octanol–water partition coefficient (Wildman–Crippen LogP) is 0.988. The van der Waals surface area contributed by atoms with Gasteiger partial charge in [0, 0.05) is 45.8 Å². The zero-order valence-corrected chi connectivity index (χ0v) is 16.5. The molecular weight excluding hydrogens is 349 g/mol. The van der Waals surface area contributed by atoms with E-state index in [9.17, 15) is 4.39 Å². The number of likely N-dealkylation sites (N-methyl/N-ethyl adjacent to an activating group) is 1. The highest BCUT2D eigenvalue weighted by Gasteiger charge is 2.34. The molecule has 10 heteroatoms. The first kappa shape index (κ1) is 19.4. The van der Waals surface area contributed by atoms with Gasteiger partial charge in [0.15, 0.2) is 5.82 Å². The van der Waals surface area contributed by atoms with Crippen LogP contribution in [0.3, 0.4) is 0 Å². The van der Waals surface area contributed by atoms with Gasteiger partial charge in [-0.2, -0.15) is 4.98 Å². The topological polar surface area (TPSA) is 79.1 Å². The molecule has 0 saturated carbocycles. The summed E-state index contributed by atoms with van der Waals surface area (Å²) in [6.07, 6.45) is 2.34. The van der Waals surface area contributed by atoms with E-state index < -0.39 is 6.17 Å². The molecule has 9 nitrogen and oxygen atoms in total. The van der Waals surface area contributed by atoms with Gasteiger partial charge in [0.25, 0.3) is 0 Å². The zero-order valence-electron chi connectivity index (χ0n) is 16.5. The molecule has 0 aliphatic carbocycles. The maximum absolute atomic E-state index is 14.2. The molecule has 0 amide bonds. The monoisotopic (exact) mass is 377 g/mol. The normalized spacial score (nSPS) is 19.9. The molecule has 0 spiro atoms. The number of hydrogen-bond acceptors (Lipinski definition) is 8. The summed E-state index contributed by atoms with van der Waals surface area (Å²) in [6.45, 7) is 4.58. The Balaban J connectivity index is 1.69. The third-order valence-electron chi connectivity index (χ3n) is 4.66. The van der Waals surface area contributed by atoms with Crippen molar-refractivity contribution in [3.8, 4) is 0 Å². The number of halogens is 1. The summed E-state index contributed by atoms with van der Waals surface area (Å²) in [4.78, 5) is 14.9. The summed E-state index contributed by atoms with van der Waals surface area (Å²) < 4.78 is 16.0. The van der Waals surface area contributed by atoms with Crippen LogP contribution in [0.15, 0.2) is 12.3 Å². The van der Waals surface area contributed by atoms with E-state index in [1.54, 1.807) is 6.20 Å². The van der Waals surface area contributed by atoms with Crippen LogP contribution in [-0.2, 0) is 13.1 Å². The second-order valence-corrected chi connectivity index (χ2v) is 7.26. The average Bonchev–Trinajstić information content (AvgIpc) is 3.21. The van der Waals surface area contributed by atoms with E-state index in [0.717, 1.165) is 24.6 Å². The van der Waals surface area contributed by atoms with Crippen molar-refractivity contribution in [3.63, 3.8) is 0 Å². The van der Waals surface area contributed by atoms with Gasteiger partial charge in [-0.3, -0.25) is 4.90 Å². The quantitative estimate of drug-likeness (QED) is 0.674. The van der Waals surface area contributed by atoms with Gasteiger partial charge in [0.05, 0.1) is 13.1 Å². The lowest BCUT2D eigenvalue weighted by Gasteiger charge is -2.29. The van der Waals surface area contributed by atoms with Gasteiger partial charge >= 0.3 is 0 Å². The van der Waals surface area contributed by atoms with Crippen LogP contribution in [0.4, 0.5) is 16.2 Å². The summed E-state index contributed by atoms with van der Waals surface area (Å²) in [5, 5.41) is 11.9. The van der Waals surface area contributed by atoms with E-state index in [2.05, 4.69) is 37.3 Å². The van der Waals surface area contributed by atoms with Crippen molar-refractivity contribution in [3.05, 3.63) is 18.1 Å². The van der Waals surface area contributed by atoms with Gasteiger partial charge in [0.2, 0.25) is 5.95 Å². The molecule has 0 N–H and O–H groups in total. The summed E-state index contributed by atoms with van der Waals surface area (Å²) in [5.41, 5.74) is 0. The Morgan fingerprint density at radius 1 is 1.30 bits per heavy atom. The van der Waals surface area contributed by atoms with Gasteiger partial charge < -0.3 is 9.80 Å². The lowest BCUT2D eigenvalue weighted by molar-refractivity contribution is 0.278. The lowest BCUT2D eigenvalue weighted by Crippen LogP contribution is -2.39. The Hall–Kier alpha value is -2.36. The van der Waals surface area contributed by atoms with Crippen LogP contribution in [0.1, 0.15) is 25.6 Å². The molecule has 2 aromatic rings. The van der Waals surface area contributed by atoms with Crippen LogP contribution in [0.25, 0.3) is 0 Å². The first-order valence-corrected chi connectivity index (χ1v) is 9.32. The maximum Gasteiger partial charge on any atom is 0.226 e. The second kappa shape index (κ2) is 8.55. The minimum atomic E-state index is -0.855. The van der Waals surface area contributed by atoms with E-state index in [1.165, 1.54) is 0 Å². The number of aryl methyl sites for hydroxylation is 1. The molecule has 148 valence electrons. The Morgan fingerprint density at radius 3 is 2.85 bits per heavy atom. The van der Waals surface area contributed by atoms with E-state index in [4.69, 9.17) is 0 Å². The highest BCUT2D eigenvalue weighted by Crippen LogP contribution is 2.27. The van der Waals surface area contributed by atoms with Crippen molar-refractivity contribution in [2.24, 2.45) is 0 Å². The number of hydrogen-bond donors (Lipinski definition) is 0. The number of rotatable bonds is 8. The molecule has 0 aromatic carbocycles. The van der Waals surface area contributed by atoms with Crippen molar-refractivity contribution in [2.75, 3.05) is 44.0 Å². The Labute approximate surface area is 159 Å². The molecule has 2 atom stereocenters. The average molecular weight is 377 g/mol. The van der Waals surface area contributed by atoms with Crippen molar-refractivity contribution in [2.45, 2.75) is 45.1 Å². The third kappa shape index (κ3) is 4.68. The minimum Gasteiger partial charge on any atom is -0.349 e. The standard InChI is InChI=1S/C17H28FN9/c1-5-8-27-16(21-22-23-27)12-25(4)11-14-9-13(18)10-26(14)15-6-7-19-17(20-15)24(2)3/h6-7,13-14H,5,8-12H2,1-4H3/t13-,14-/m0/s1. The van der Waals surface area contributed by atoms with Crippen LogP contribution in [0.2, 0.25) is 0 Å². The van der Waals surface area contributed by atoms with Gasteiger partial charge in [-0.1, -0.05) is 6.92 Å². The minimum absolute atomic E-state index is 0.0467. The zero-order chi connectivity index (χ0) is 19.4. The first-order valence-electron chi connectivity index (χ1n) is 9.32. The summed E-state index contributed by atoms with van der Waals surface area (Å²) in [6, 6.07) is 1.89. The summed E-state index contributed by atoms with van der Waals surface area (Å²) in [5.74, 6) is 2.22. The molecule has 0 bridgehead atoms. The molecule has 2 aromatic heterocycles. The van der Waals surface area contributed by atoms with E-state index >= 15 is 0 Å². The highest BCUT2D eigenvalue weighted by molar-refractivity contribution is 5.45. The van der Waals surface area contributed by atoms with Crippen molar-refractivity contribution >= 4 is 11.8 Å². The van der Waals surface area contributed by atoms with Gasteiger partial charge in [-0.05, 0) is 30.0 Å². The van der Waals surface area contributed by atoms with Crippen molar-refractivity contribution in [1.29, 1.82) is 0 Å². The first-order chi connectivity index (χ1) is 13.0. The molecule has 3 heterocycles. The van der Waals surface area contributed by atoms with Crippen molar-refractivity contribution < 1.29 is 4.39 Å². The number of anilines is 2. The summed E-state index contributed by atoms with van der Waals surface area (Å²) in [7, 11) is 5.81. The van der Waals surface area contributed by atoms with Crippen LogP contribution < -0.4 is 9.80 Å². The van der Waals surface area contributed by atoms with Gasteiger partial charge in [-0.25, -0.2) is 14.1 Å². The number of alkyl halides is 1. The van der Waals surface area contributed by atoms with E-state index in [1.807, 2.05) is 41.7 Å². The molecule has 0 radical (unpaired) electrons. The van der Waals surface area contributed by atoms with Crippen LogP contribution >= 0.6 is 0 Å². The molecule has 1 saturated heterocycles. The van der Waals surface area contributed by atoms with E-state index in [-0.39, 0.29) is 6.04 Å². The molecule has 1 aliphatic rings. The van der Waals surface area contributed by atoms with Crippen molar-refractivity contribution in [1.82, 2.24) is 35.1 Å². The van der Waals surface area contributed by atoms with Crippen LogP contribution in [-0.4, -0.2) is 81.5 Å². The number of nitrogens with zero attached hydrogens (tertiary/aromatic N) is 9. The molecule has 27 heavy (non-hydrogen) atoms. The number of aromatic nitrogens is 6. The molecule has 3 rings (SSSR count). The molecule has 1 fully saturated rings. The van der Waals surface area contributed by atoms with Gasteiger partial charge in [-0.15, -0.1) is 5.10 Å². The Bertz CT molecular complexity index is 735.